The van der Waals surface area contributed by atoms with E-state index in [9.17, 15) is 4.79 Å². The van der Waals surface area contributed by atoms with Crippen LogP contribution in [-0.2, 0) is 6.54 Å². The Morgan fingerprint density at radius 2 is 1.92 bits per heavy atom. The topological polar surface area (TPSA) is 43.6 Å². The monoisotopic (exact) mass is 354 g/mol. The summed E-state index contributed by atoms with van der Waals surface area (Å²) in [7, 11) is 0. The minimum atomic E-state index is -0.235. The van der Waals surface area contributed by atoms with Gasteiger partial charge < -0.3 is 9.30 Å². The van der Waals surface area contributed by atoms with E-state index < -0.39 is 0 Å². The molecule has 1 aromatic heterocycles. The van der Waals surface area contributed by atoms with Crippen LogP contribution in [0.15, 0.2) is 47.5 Å². The summed E-state index contributed by atoms with van der Waals surface area (Å²) >= 11 is 1.55. The molecule has 0 atom stereocenters. The first kappa shape index (κ1) is 17.4. The van der Waals surface area contributed by atoms with Crippen LogP contribution >= 0.6 is 11.3 Å². The average molecular weight is 354 g/mol. The molecule has 3 rings (SSSR count). The van der Waals surface area contributed by atoms with Crippen molar-refractivity contribution >= 4 is 27.5 Å². The maximum Gasteiger partial charge on any atom is 0.279 e. The summed E-state index contributed by atoms with van der Waals surface area (Å²) in [6.45, 7) is 8.85. The molecule has 2 aromatic carbocycles. The first-order chi connectivity index (χ1) is 12.0. The SMILES string of the molecule is CCn1c(=NC(=O)c2ccc(OC(C)C)cc2)sc2cc(C)ccc21. The molecule has 1 heterocycles. The number of amides is 1. The number of aromatic nitrogens is 1. The fourth-order valence-corrected chi connectivity index (χ4v) is 3.86. The van der Waals surface area contributed by atoms with Gasteiger partial charge in [-0.05, 0) is 69.7 Å². The highest BCUT2D eigenvalue weighted by atomic mass is 32.1. The van der Waals surface area contributed by atoms with Crippen molar-refractivity contribution in [2.75, 3.05) is 0 Å². The van der Waals surface area contributed by atoms with E-state index in [1.807, 2.05) is 26.0 Å². The molecule has 5 heteroatoms. The predicted molar refractivity (Wildman–Crippen MR) is 102 cm³/mol. The van der Waals surface area contributed by atoms with Crippen molar-refractivity contribution in [3.8, 4) is 5.75 Å². The lowest BCUT2D eigenvalue weighted by Crippen LogP contribution is -2.15. The maximum absolute atomic E-state index is 12.5. The number of carbonyl (C=O) groups is 1. The van der Waals surface area contributed by atoms with Crippen LogP contribution < -0.4 is 9.54 Å². The fraction of sp³-hybridized carbons (Fsp3) is 0.300. The van der Waals surface area contributed by atoms with E-state index in [0.717, 1.165) is 27.3 Å². The smallest absolute Gasteiger partial charge is 0.279 e. The van der Waals surface area contributed by atoms with Crippen LogP contribution in [-0.4, -0.2) is 16.6 Å². The highest BCUT2D eigenvalue weighted by Crippen LogP contribution is 2.19. The molecule has 130 valence electrons. The zero-order valence-electron chi connectivity index (χ0n) is 14.9. The summed E-state index contributed by atoms with van der Waals surface area (Å²) in [6.07, 6.45) is 0.108. The third kappa shape index (κ3) is 3.82. The van der Waals surface area contributed by atoms with Crippen LogP contribution in [0, 0.1) is 6.92 Å². The van der Waals surface area contributed by atoms with Gasteiger partial charge in [-0.15, -0.1) is 0 Å². The van der Waals surface area contributed by atoms with Crippen molar-refractivity contribution in [1.82, 2.24) is 4.57 Å². The van der Waals surface area contributed by atoms with Gasteiger partial charge in [-0.3, -0.25) is 4.79 Å². The lowest BCUT2D eigenvalue weighted by molar-refractivity contribution is 0.0998. The molecule has 0 aliphatic carbocycles. The number of hydrogen-bond acceptors (Lipinski definition) is 3. The molecule has 0 aliphatic rings. The van der Waals surface area contributed by atoms with E-state index in [1.54, 1.807) is 23.5 Å². The Morgan fingerprint density at radius 3 is 2.56 bits per heavy atom. The molecule has 0 unspecified atom stereocenters. The number of rotatable bonds is 4. The zero-order chi connectivity index (χ0) is 18.0. The van der Waals surface area contributed by atoms with Crippen LogP contribution in [0.4, 0.5) is 0 Å². The van der Waals surface area contributed by atoms with Gasteiger partial charge in [0.15, 0.2) is 4.80 Å². The maximum atomic E-state index is 12.5. The summed E-state index contributed by atoms with van der Waals surface area (Å²) in [4.78, 5) is 17.6. The molecular weight excluding hydrogens is 332 g/mol. The summed E-state index contributed by atoms with van der Waals surface area (Å²) in [5, 5.41) is 0. The molecule has 0 radical (unpaired) electrons. The van der Waals surface area contributed by atoms with E-state index in [-0.39, 0.29) is 12.0 Å². The van der Waals surface area contributed by atoms with E-state index in [2.05, 4.69) is 41.6 Å². The molecule has 0 aliphatic heterocycles. The molecular formula is C20H22N2O2S. The highest BCUT2D eigenvalue weighted by molar-refractivity contribution is 7.16. The van der Waals surface area contributed by atoms with Crippen molar-refractivity contribution in [2.45, 2.75) is 40.3 Å². The molecule has 0 bridgehead atoms. The number of thiazole rings is 1. The quantitative estimate of drug-likeness (QED) is 0.689. The molecule has 0 saturated heterocycles. The fourth-order valence-electron chi connectivity index (χ4n) is 2.67. The number of benzene rings is 2. The van der Waals surface area contributed by atoms with Gasteiger partial charge in [-0.2, -0.15) is 4.99 Å². The first-order valence-electron chi connectivity index (χ1n) is 8.43. The lowest BCUT2D eigenvalue weighted by Gasteiger charge is -2.09. The van der Waals surface area contributed by atoms with Gasteiger partial charge in [-0.1, -0.05) is 17.4 Å². The largest absolute Gasteiger partial charge is 0.491 e. The van der Waals surface area contributed by atoms with Crippen molar-refractivity contribution in [3.05, 3.63) is 58.4 Å². The molecule has 1 amide bonds. The Hall–Kier alpha value is -2.40. The number of ether oxygens (including phenoxy) is 1. The van der Waals surface area contributed by atoms with Crippen molar-refractivity contribution in [3.63, 3.8) is 0 Å². The summed E-state index contributed by atoms with van der Waals surface area (Å²) in [5.41, 5.74) is 2.88. The van der Waals surface area contributed by atoms with Crippen LogP contribution in [0.1, 0.15) is 36.7 Å². The second-order valence-corrected chi connectivity index (χ2v) is 7.22. The molecule has 0 spiro atoms. The van der Waals surface area contributed by atoms with Gasteiger partial charge in [0, 0.05) is 12.1 Å². The number of aryl methyl sites for hydroxylation is 2. The second-order valence-electron chi connectivity index (χ2n) is 6.21. The molecule has 3 aromatic rings. The molecule has 25 heavy (non-hydrogen) atoms. The van der Waals surface area contributed by atoms with E-state index in [1.165, 1.54) is 5.56 Å². The molecule has 0 fully saturated rings. The van der Waals surface area contributed by atoms with Gasteiger partial charge in [0.05, 0.1) is 16.3 Å². The summed E-state index contributed by atoms with van der Waals surface area (Å²) < 4.78 is 8.84. The number of nitrogens with zero attached hydrogens (tertiary/aromatic N) is 2. The van der Waals surface area contributed by atoms with Crippen LogP contribution in [0.5, 0.6) is 5.75 Å². The third-order valence-electron chi connectivity index (χ3n) is 3.82. The Kier molecular flexibility index (Phi) is 5.04. The van der Waals surface area contributed by atoms with E-state index in [0.29, 0.717) is 5.56 Å². The summed E-state index contributed by atoms with van der Waals surface area (Å²) in [5.74, 6) is 0.522. The Morgan fingerprint density at radius 1 is 1.20 bits per heavy atom. The van der Waals surface area contributed by atoms with Crippen LogP contribution in [0.25, 0.3) is 10.2 Å². The second kappa shape index (κ2) is 7.23. The van der Waals surface area contributed by atoms with Gasteiger partial charge in [-0.25, -0.2) is 0 Å². The van der Waals surface area contributed by atoms with Crippen molar-refractivity contribution in [1.29, 1.82) is 0 Å². The van der Waals surface area contributed by atoms with Crippen molar-refractivity contribution in [2.24, 2.45) is 4.99 Å². The standard InChI is InChI=1S/C20H22N2O2S/c1-5-22-17-11-6-14(4)12-18(17)25-20(22)21-19(23)15-7-9-16(10-8-15)24-13(2)3/h6-13H,5H2,1-4H3. The lowest BCUT2D eigenvalue weighted by atomic mass is 10.2. The number of carbonyl (C=O) groups excluding carboxylic acids is 1. The highest BCUT2D eigenvalue weighted by Gasteiger charge is 2.09. The van der Waals surface area contributed by atoms with Gasteiger partial charge in [0.1, 0.15) is 5.75 Å². The van der Waals surface area contributed by atoms with E-state index in [4.69, 9.17) is 4.74 Å². The Balaban J connectivity index is 1.97. The van der Waals surface area contributed by atoms with Gasteiger partial charge in [0.2, 0.25) is 0 Å². The molecule has 4 nitrogen and oxygen atoms in total. The first-order valence-corrected chi connectivity index (χ1v) is 9.25. The number of hydrogen-bond donors (Lipinski definition) is 0. The van der Waals surface area contributed by atoms with E-state index >= 15 is 0 Å². The Bertz CT molecular complexity index is 966. The van der Waals surface area contributed by atoms with Crippen LogP contribution in [0.2, 0.25) is 0 Å². The number of fused-ring (bicyclic) bond motifs is 1. The Labute approximate surface area is 151 Å². The summed E-state index contributed by atoms with van der Waals surface area (Å²) in [6, 6.07) is 13.4. The predicted octanol–water partition coefficient (Wildman–Crippen LogP) is 4.56. The average Bonchev–Trinajstić information content (AvgIpc) is 2.90. The minimum absolute atomic E-state index is 0.108. The molecule has 0 saturated carbocycles. The van der Waals surface area contributed by atoms with Gasteiger partial charge >= 0.3 is 0 Å². The third-order valence-corrected chi connectivity index (χ3v) is 4.87. The minimum Gasteiger partial charge on any atom is -0.491 e. The zero-order valence-corrected chi connectivity index (χ0v) is 15.8. The van der Waals surface area contributed by atoms with Crippen molar-refractivity contribution < 1.29 is 9.53 Å². The van der Waals surface area contributed by atoms with Crippen LogP contribution in [0.3, 0.4) is 0 Å². The normalized spacial score (nSPS) is 12.1. The molecule has 0 N–H and O–H groups in total. The van der Waals surface area contributed by atoms with Gasteiger partial charge in [0.25, 0.3) is 5.91 Å².